The molecule has 4 fully saturated rings. The Morgan fingerprint density at radius 3 is 2.25 bits per heavy atom. The van der Waals surface area contributed by atoms with Gasteiger partial charge in [0.05, 0.1) is 5.60 Å². The van der Waals surface area contributed by atoms with E-state index in [4.69, 9.17) is 0 Å². The highest BCUT2D eigenvalue weighted by atomic mass is 19.4. The highest BCUT2D eigenvalue weighted by Crippen LogP contribution is 2.68. The van der Waals surface area contributed by atoms with Crippen molar-refractivity contribution in [1.82, 2.24) is 0 Å². The van der Waals surface area contributed by atoms with Crippen LogP contribution in [0.25, 0.3) is 0 Å². The monoisotopic (exact) mass is 458 g/mol. The number of aliphatic hydroxyl groups excluding tert-OH is 1. The van der Waals surface area contributed by atoms with Gasteiger partial charge in [0, 0.05) is 0 Å². The molecule has 4 aliphatic rings. The molecule has 32 heavy (non-hydrogen) atoms. The summed E-state index contributed by atoms with van der Waals surface area (Å²) in [6, 6.07) is 0. The van der Waals surface area contributed by atoms with E-state index >= 15 is 0 Å². The molecule has 0 aromatic heterocycles. The lowest BCUT2D eigenvalue weighted by Crippen LogP contribution is -2.55. The van der Waals surface area contributed by atoms with Crippen LogP contribution >= 0.6 is 0 Å². The fraction of sp³-hybridized carbons (Fsp3) is 1.00. The van der Waals surface area contributed by atoms with Crippen molar-refractivity contribution in [1.29, 1.82) is 0 Å². The molecule has 4 aliphatic carbocycles. The maximum Gasteiger partial charge on any atom is 0.414 e. The Morgan fingerprint density at radius 1 is 0.875 bits per heavy atom. The van der Waals surface area contributed by atoms with Gasteiger partial charge in [-0.05, 0) is 117 Å². The van der Waals surface area contributed by atoms with Gasteiger partial charge in [0.1, 0.15) is 6.10 Å². The highest BCUT2D eigenvalue weighted by Gasteiger charge is 2.61. The van der Waals surface area contributed by atoms with Crippen LogP contribution in [0.3, 0.4) is 0 Å². The molecule has 2 nitrogen and oxygen atoms in total. The first-order valence-corrected chi connectivity index (χ1v) is 13.2. The molecule has 0 aromatic rings. The van der Waals surface area contributed by atoms with Crippen LogP contribution in [-0.4, -0.2) is 28.1 Å². The normalized spacial score (nSPS) is 48.5. The maximum absolute atomic E-state index is 12.6. The van der Waals surface area contributed by atoms with Gasteiger partial charge in [0.15, 0.2) is 0 Å². The number of fused-ring (bicyclic) bond motifs is 5. The van der Waals surface area contributed by atoms with Crippen LogP contribution < -0.4 is 0 Å². The molecule has 0 aromatic carbocycles. The van der Waals surface area contributed by atoms with Crippen molar-refractivity contribution in [2.45, 2.75) is 123 Å². The number of rotatable bonds is 5. The topological polar surface area (TPSA) is 40.5 Å². The van der Waals surface area contributed by atoms with Gasteiger partial charge in [-0.1, -0.05) is 33.6 Å². The minimum atomic E-state index is -4.49. The zero-order valence-corrected chi connectivity index (χ0v) is 20.6. The van der Waals surface area contributed by atoms with Crippen molar-refractivity contribution >= 4 is 0 Å². The SMILES string of the molecule is CC(CCCC(O)C(F)(F)F)[C@H]1CC[C@H]2[C@@H]3CC[C@H]4C[C@@](C)(O)CCC4(C)[C@H]3CC[C@]12C. The third-order valence-electron chi connectivity index (χ3n) is 11.2. The van der Waals surface area contributed by atoms with Crippen LogP contribution in [0.1, 0.15) is 105 Å². The molecular weight excluding hydrogens is 413 g/mol. The van der Waals surface area contributed by atoms with E-state index in [0.29, 0.717) is 35.0 Å². The van der Waals surface area contributed by atoms with Crippen molar-refractivity contribution < 1.29 is 23.4 Å². The molecule has 3 unspecified atom stereocenters. The molecule has 0 bridgehead atoms. The smallest absolute Gasteiger partial charge is 0.390 e. The summed E-state index contributed by atoms with van der Waals surface area (Å²) < 4.78 is 37.9. The minimum Gasteiger partial charge on any atom is -0.390 e. The fourth-order valence-corrected chi connectivity index (χ4v) is 9.40. The Labute approximate surface area is 192 Å². The van der Waals surface area contributed by atoms with E-state index in [2.05, 4.69) is 20.8 Å². The summed E-state index contributed by atoms with van der Waals surface area (Å²) in [5, 5.41) is 20.0. The van der Waals surface area contributed by atoms with Gasteiger partial charge in [0.2, 0.25) is 0 Å². The number of halogens is 3. The standard InChI is InChI=1S/C27H45F3O2/c1-17(6-5-7-23(31)27(28,29)30)20-10-11-21-19-9-8-18-16-24(2,32)14-15-25(18,3)22(19)12-13-26(20,21)4/h17-23,31-32H,5-16H2,1-4H3/t17?,18-,19-,20+,21-,22-,23?,24-,25?,26+/m0/s1. The molecule has 0 saturated heterocycles. The van der Waals surface area contributed by atoms with Crippen LogP contribution in [0.4, 0.5) is 13.2 Å². The van der Waals surface area contributed by atoms with Crippen molar-refractivity contribution in [2.75, 3.05) is 0 Å². The summed E-state index contributed by atoms with van der Waals surface area (Å²) in [7, 11) is 0. The summed E-state index contributed by atoms with van der Waals surface area (Å²) >= 11 is 0. The van der Waals surface area contributed by atoms with Crippen molar-refractivity contribution in [3.8, 4) is 0 Å². The number of aliphatic hydroxyl groups is 2. The van der Waals surface area contributed by atoms with Gasteiger partial charge >= 0.3 is 6.18 Å². The lowest BCUT2D eigenvalue weighted by molar-refractivity contribution is -0.205. The average molecular weight is 459 g/mol. The summed E-state index contributed by atoms with van der Waals surface area (Å²) in [5.74, 6) is 3.95. The Balaban J connectivity index is 1.41. The molecule has 0 aliphatic heterocycles. The zero-order valence-electron chi connectivity index (χ0n) is 20.6. The molecule has 4 saturated carbocycles. The molecular formula is C27H45F3O2. The van der Waals surface area contributed by atoms with E-state index in [1.807, 2.05) is 6.92 Å². The lowest BCUT2D eigenvalue weighted by atomic mass is 9.43. The van der Waals surface area contributed by atoms with Crippen molar-refractivity contribution in [3.05, 3.63) is 0 Å². The molecule has 0 spiro atoms. The summed E-state index contributed by atoms with van der Waals surface area (Å²) in [6.07, 6.45) is 4.97. The Morgan fingerprint density at radius 2 is 1.56 bits per heavy atom. The van der Waals surface area contributed by atoms with Crippen LogP contribution in [0.2, 0.25) is 0 Å². The lowest BCUT2D eigenvalue weighted by Gasteiger charge is -2.62. The van der Waals surface area contributed by atoms with Crippen molar-refractivity contribution in [2.24, 2.45) is 46.3 Å². The Hall–Kier alpha value is -0.290. The summed E-state index contributed by atoms with van der Waals surface area (Å²) in [5.41, 5.74) is 0.185. The second-order valence-corrected chi connectivity index (χ2v) is 13.1. The Bertz CT molecular complexity index is 676. The third-order valence-corrected chi connectivity index (χ3v) is 11.2. The summed E-state index contributed by atoms with van der Waals surface area (Å²) in [4.78, 5) is 0. The van der Waals surface area contributed by atoms with E-state index in [1.54, 1.807) is 0 Å². The molecule has 0 heterocycles. The number of hydrogen-bond acceptors (Lipinski definition) is 2. The maximum atomic E-state index is 12.6. The van der Waals surface area contributed by atoms with Gasteiger partial charge in [-0.15, -0.1) is 0 Å². The first kappa shape index (κ1) is 24.8. The van der Waals surface area contributed by atoms with E-state index in [9.17, 15) is 23.4 Å². The number of hydrogen-bond donors (Lipinski definition) is 2. The highest BCUT2D eigenvalue weighted by molar-refractivity contribution is 5.10. The van der Waals surface area contributed by atoms with Crippen LogP contribution in [0.15, 0.2) is 0 Å². The van der Waals surface area contributed by atoms with Crippen LogP contribution in [0.5, 0.6) is 0 Å². The largest absolute Gasteiger partial charge is 0.414 e. The van der Waals surface area contributed by atoms with Crippen molar-refractivity contribution in [3.63, 3.8) is 0 Å². The van der Waals surface area contributed by atoms with Gasteiger partial charge in [-0.2, -0.15) is 13.2 Å². The molecule has 4 rings (SSSR count). The second kappa shape index (κ2) is 8.43. The minimum absolute atomic E-state index is 0.172. The van der Waals surface area contributed by atoms with Gasteiger partial charge < -0.3 is 10.2 Å². The predicted octanol–water partition coefficient (Wildman–Crippen LogP) is 7.13. The van der Waals surface area contributed by atoms with E-state index in [-0.39, 0.29) is 6.42 Å². The van der Waals surface area contributed by atoms with Crippen LogP contribution in [0, 0.1) is 46.3 Å². The molecule has 186 valence electrons. The molecule has 10 atom stereocenters. The van der Waals surface area contributed by atoms with E-state index in [1.165, 1.54) is 38.5 Å². The molecule has 0 amide bonds. The quantitative estimate of drug-likeness (QED) is 0.460. The van der Waals surface area contributed by atoms with Gasteiger partial charge in [-0.3, -0.25) is 0 Å². The first-order chi connectivity index (χ1) is 14.8. The van der Waals surface area contributed by atoms with Crippen LogP contribution in [-0.2, 0) is 0 Å². The third kappa shape index (κ3) is 4.27. The number of alkyl halides is 3. The molecule has 5 heteroatoms. The van der Waals surface area contributed by atoms with Gasteiger partial charge in [-0.25, -0.2) is 0 Å². The predicted molar refractivity (Wildman–Crippen MR) is 121 cm³/mol. The average Bonchev–Trinajstić information content (AvgIpc) is 3.05. The molecule has 2 N–H and O–H groups in total. The van der Waals surface area contributed by atoms with E-state index < -0.39 is 17.9 Å². The fourth-order valence-electron chi connectivity index (χ4n) is 9.40. The summed E-state index contributed by atoms with van der Waals surface area (Å²) in [6.45, 7) is 9.28. The van der Waals surface area contributed by atoms with E-state index in [0.717, 1.165) is 43.4 Å². The zero-order chi connectivity index (χ0) is 23.5. The molecule has 0 radical (unpaired) electrons. The Kier molecular flexibility index (Phi) is 6.54. The first-order valence-electron chi connectivity index (χ1n) is 13.2. The van der Waals surface area contributed by atoms with Gasteiger partial charge in [0.25, 0.3) is 0 Å². The second-order valence-electron chi connectivity index (χ2n) is 13.1.